The van der Waals surface area contributed by atoms with Gasteiger partial charge in [-0.3, -0.25) is 4.79 Å². The largest absolute Gasteiger partial charge is 0.317 e. The number of nitrogens with one attached hydrogen (secondary N) is 1. The van der Waals surface area contributed by atoms with Crippen LogP contribution in [-0.4, -0.2) is 25.0 Å². The molecule has 0 radical (unpaired) electrons. The van der Waals surface area contributed by atoms with Gasteiger partial charge < -0.3 is 10.2 Å². The third-order valence-electron chi connectivity index (χ3n) is 3.59. The average Bonchev–Trinajstić information content (AvgIpc) is 2.65. The first-order chi connectivity index (χ1) is 8.25. The van der Waals surface area contributed by atoms with Crippen molar-refractivity contribution < 1.29 is 4.79 Å². The van der Waals surface area contributed by atoms with E-state index in [1.807, 2.05) is 11.0 Å². The summed E-state index contributed by atoms with van der Waals surface area (Å²) in [4.78, 5) is 14.1. The van der Waals surface area contributed by atoms with Crippen LogP contribution in [0.25, 0.3) is 0 Å². The molecule has 0 aliphatic carbocycles. The third-order valence-corrected chi connectivity index (χ3v) is 4.08. The lowest BCUT2D eigenvalue weighted by molar-refractivity contribution is -0.117. The molecule has 4 heteroatoms. The van der Waals surface area contributed by atoms with Gasteiger partial charge in [-0.1, -0.05) is 22.0 Å². The fourth-order valence-corrected chi connectivity index (χ4v) is 3.11. The molecule has 0 atom stereocenters. The van der Waals surface area contributed by atoms with Crippen molar-refractivity contribution in [3.63, 3.8) is 0 Å². The van der Waals surface area contributed by atoms with Crippen molar-refractivity contribution in [1.82, 2.24) is 5.32 Å². The van der Waals surface area contributed by atoms with Crippen LogP contribution in [0.15, 0.2) is 22.7 Å². The summed E-state index contributed by atoms with van der Waals surface area (Å²) < 4.78 is 1.05. The quantitative estimate of drug-likeness (QED) is 0.860. The number of nitrogens with zero attached hydrogens (tertiary/aromatic N) is 1. The van der Waals surface area contributed by atoms with Crippen LogP contribution in [0.1, 0.15) is 18.4 Å². The number of piperidine rings is 1. The Labute approximate surface area is 109 Å². The smallest absolute Gasteiger partial charge is 0.231 e. The SMILES string of the molecule is O=C1Cc2ccc(Br)cc2N1C1CCNCC1. The number of hydrogen-bond acceptors (Lipinski definition) is 2. The Kier molecular flexibility index (Phi) is 2.92. The highest BCUT2D eigenvalue weighted by Crippen LogP contribution is 2.34. The minimum absolute atomic E-state index is 0.255. The molecule has 1 amide bonds. The maximum Gasteiger partial charge on any atom is 0.231 e. The summed E-state index contributed by atoms with van der Waals surface area (Å²) in [5, 5.41) is 3.34. The van der Waals surface area contributed by atoms with E-state index in [1.54, 1.807) is 0 Å². The normalized spacial score (nSPS) is 20.8. The first-order valence-electron chi connectivity index (χ1n) is 6.07. The molecule has 1 fully saturated rings. The number of carbonyl (C=O) groups is 1. The summed E-state index contributed by atoms with van der Waals surface area (Å²) in [7, 11) is 0. The van der Waals surface area contributed by atoms with Gasteiger partial charge in [-0.05, 0) is 43.6 Å². The molecule has 0 bridgehead atoms. The highest BCUT2D eigenvalue weighted by Gasteiger charge is 2.33. The molecule has 0 unspecified atom stereocenters. The van der Waals surface area contributed by atoms with Crippen LogP contribution in [0.4, 0.5) is 5.69 Å². The molecule has 2 heterocycles. The summed E-state index contributed by atoms with van der Waals surface area (Å²) in [6.45, 7) is 2.02. The lowest BCUT2D eigenvalue weighted by atomic mass is 10.0. The highest BCUT2D eigenvalue weighted by atomic mass is 79.9. The van der Waals surface area contributed by atoms with Crippen LogP contribution in [0.3, 0.4) is 0 Å². The van der Waals surface area contributed by atoms with Gasteiger partial charge in [0.05, 0.1) is 6.42 Å². The molecule has 1 aromatic rings. The Morgan fingerprint density at radius 1 is 1.29 bits per heavy atom. The maximum atomic E-state index is 12.1. The summed E-state index contributed by atoms with van der Waals surface area (Å²) in [5.74, 6) is 0.255. The van der Waals surface area contributed by atoms with E-state index < -0.39 is 0 Å². The summed E-state index contributed by atoms with van der Waals surface area (Å²) in [6, 6.07) is 6.51. The number of rotatable bonds is 1. The number of hydrogen-bond donors (Lipinski definition) is 1. The van der Waals surface area contributed by atoms with Gasteiger partial charge in [0.25, 0.3) is 0 Å². The van der Waals surface area contributed by atoms with E-state index in [2.05, 4.69) is 33.4 Å². The Morgan fingerprint density at radius 3 is 2.82 bits per heavy atom. The van der Waals surface area contributed by atoms with Crippen LogP contribution in [-0.2, 0) is 11.2 Å². The fourth-order valence-electron chi connectivity index (χ4n) is 2.76. The molecule has 0 saturated carbocycles. The second kappa shape index (κ2) is 4.42. The van der Waals surface area contributed by atoms with E-state index >= 15 is 0 Å². The van der Waals surface area contributed by atoms with Crippen molar-refractivity contribution in [3.05, 3.63) is 28.2 Å². The Hall–Kier alpha value is -0.870. The van der Waals surface area contributed by atoms with E-state index in [0.29, 0.717) is 12.5 Å². The summed E-state index contributed by atoms with van der Waals surface area (Å²) in [6.07, 6.45) is 2.67. The van der Waals surface area contributed by atoms with E-state index in [-0.39, 0.29) is 5.91 Å². The average molecular weight is 295 g/mol. The third kappa shape index (κ3) is 2.00. The molecule has 1 aromatic carbocycles. The van der Waals surface area contributed by atoms with Crippen LogP contribution in [0, 0.1) is 0 Å². The monoisotopic (exact) mass is 294 g/mol. The Balaban J connectivity index is 1.95. The van der Waals surface area contributed by atoms with Crippen molar-refractivity contribution in [2.45, 2.75) is 25.3 Å². The van der Waals surface area contributed by atoms with Gasteiger partial charge in [0.15, 0.2) is 0 Å². The van der Waals surface area contributed by atoms with Crippen LogP contribution < -0.4 is 10.2 Å². The van der Waals surface area contributed by atoms with Gasteiger partial charge in [-0.25, -0.2) is 0 Å². The van der Waals surface area contributed by atoms with Crippen molar-refractivity contribution >= 4 is 27.5 Å². The maximum absolute atomic E-state index is 12.1. The molecule has 1 saturated heterocycles. The summed E-state index contributed by atoms with van der Waals surface area (Å²) >= 11 is 3.49. The minimum atomic E-state index is 0.255. The van der Waals surface area contributed by atoms with Gasteiger partial charge >= 0.3 is 0 Å². The first kappa shape index (κ1) is 11.2. The molecule has 2 aliphatic rings. The van der Waals surface area contributed by atoms with Crippen LogP contribution in [0.2, 0.25) is 0 Å². The lowest BCUT2D eigenvalue weighted by Crippen LogP contribution is -2.44. The molecule has 0 aromatic heterocycles. The summed E-state index contributed by atoms with van der Waals surface area (Å²) in [5.41, 5.74) is 2.27. The molecule has 3 rings (SSSR count). The zero-order chi connectivity index (χ0) is 11.8. The molecule has 2 aliphatic heterocycles. The van der Waals surface area contributed by atoms with Crippen molar-refractivity contribution in [1.29, 1.82) is 0 Å². The van der Waals surface area contributed by atoms with Crippen LogP contribution >= 0.6 is 15.9 Å². The minimum Gasteiger partial charge on any atom is -0.317 e. The van der Waals surface area contributed by atoms with Gasteiger partial charge in [-0.2, -0.15) is 0 Å². The molecule has 0 spiro atoms. The molecule has 17 heavy (non-hydrogen) atoms. The van der Waals surface area contributed by atoms with Gasteiger partial charge in [-0.15, -0.1) is 0 Å². The number of anilines is 1. The molecule has 1 N–H and O–H groups in total. The van der Waals surface area contributed by atoms with Crippen molar-refractivity contribution in [2.24, 2.45) is 0 Å². The van der Waals surface area contributed by atoms with E-state index in [1.165, 1.54) is 0 Å². The number of fused-ring (bicyclic) bond motifs is 1. The molecule has 90 valence electrons. The second-order valence-electron chi connectivity index (χ2n) is 4.69. The fraction of sp³-hybridized carbons (Fsp3) is 0.462. The Bertz CT molecular complexity index is 455. The first-order valence-corrected chi connectivity index (χ1v) is 6.86. The highest BCUT2D eigenvalue weighted by molar-refractivity contribution is 9.10. The zero-order valence-electron chi connectivity index (χ0n) is 9.58. The van der Waals surface area contributed by atoms with Gasteiger partial charge in [0.1, 0.15) is 0 Å². The van der Waals surface area contributed by atoms with Gasteiger partial charge in [0, 0.05) is 16.2 Å². The predicted octanol–water partition coefficient (Wildman–Crippen LogP) is 2.09. The second-order valence-corrected chi connectivity index (χ2v) is 5.61. The van der Waals surface area contributed by atoms with Crippen molar-refractivity contribution in [3.8, 4) is 0 Å². The molecular formula is C13H15BrN2O. The van der Waals surface area contributed by atoms with E-state index in [9.17, 15) is 4.79 Å². The molecular weight excluding hydrogens is 280 g/mol. The standard InChI is InChI=1S/C13H15BrN2O/c14-10-2-1-9-7-13(17)16(12(9)8-10)11-3-5-15-6-4-11/h1-2,8,11,15H,3-7H2. The lowest BCUT2D eigenvalue weighted by Gasteiger charge is -2.32. The van der Waals surface area contributed by atoms with E-state index in [4.69, 9.17) is 0 Å². The number of carbonyl (C=O) groups excluding carboxylic acids is 1. The number of amides is 1. The van der Waals surface area contributed by atoms with Crippen LogP contribution in [0.5, 0.6) is 0 Å². The topological polar surface area (TPSA) is 32.3 Å². The number of halogens is 1. The van der Waals surface area contributed by atoms with Gasteiger partial charge in [0.2, 0.25) is 5.91 Å². The predicted molar refractivity (Wildman–Crippen MR) is 71.2 cm³/mol. The Morgan fingerprint density at radius 2 is 2.06 bits per heavy atom. The molecule has 3 nitrogen and oxygen atoms in total. The van der Waals surface area contributed by atoms with E-state index in [0.717, 1.165) is 41.7 Å². The number of benzene rings is 1. The van der Waals surface area contributed by atoms with Crippen molar-refractivity contribution in [2.75, 3.05) is 18.0 Å². The zero-order valence-corrected chi connectivity index (χ0v) is 11.2.